The van der Waals surface area contributed by atoms with Crippen molar-refractivity contribution in [3.8, 4) is 0 Å². The molecule has 0 N–H and O–H groups in total. The van der Waals surface area contributed by atoms with Gasteiger partial charge in [0.1, 0.15) is 16.2 Å². The van der Waals surface area contributed by atoms with Gasteiger partial charge >= 0.3 is 0 Å². The van der Waals surface area contributed by atoms with Crippen LogP contribution < -0.4 is 4.90 Å². The first kappa shape index (κ1) is 14.7. The molecule has 0 spiro atoms. The summed E-state index contributed by atoms with van der Waals surface area (Å²) < 4.78 is 6.61. The van der Waals surface area contributed by atoms with Crippen molar-refractivity contribution in [1.82, 2.24) is 9.97 Å². The zero-order chi connectivity index (χ0) is 13.8. The van der Waals surface area contributed by atoms with Crippen molar-refractivity contribution in [2.75, 3.05) is 18.1 Å². The van der Waals surface area contributed by atoms with Crippen LogP contribution in [0.25, 0.3) is 0 Å². The average Bonchev–Trinajstić information content (AvgIpc) is 2.38. The minimum Gasteiger partial charge on any atom is -0.375 e. The molecule has 2 unspecified atom stereocenters. The fourth-order valence-electron chi connectivity index (χ4n) is 2.40. The molecule has 0 aliphatic carbocycles. The van der Waals surface area contributed by atoms with E-state index in [1.54, 1.807) is 0 Å². The molecule has 1 fully saturated rings. The van der Waals surface area contributed by atoms with Gasteiger partial charge in [0.05, 0.1) is 18.8 Å². The second kappa shape index (κ2) is 6.66. The maximum absolute atomic E-state index is 5.74. The summed E-state index contributed by atoms with van der Waals surface area (Å²) in [5, 5.41) is 0. The molecule has 1 saturated heterocycles. The van der Waals surface area contributed by atoms with Crippen molar-refractivity contribution in [3.63, 3.8) is 0 Å². The number of aryl methyl sites for hydroxylation is 1. The highest BCUT2D eigenvalue weighted by atomic mass is 79.9. The van der Waals surface area contributed by atoms with Crippen LogP contribution in [0.15, 0.2) is 10.7 Å². The first-order valence-corrected chi connectivity index (χ1v) is 7.85. The topological polar surface area (TPSA) is 38.2 Å². The van der Waals surface area contributed by atoms with Gasteiger partial charge in [0.15, 0.2) is 0 Å². The van der Waals surface area contributed by atoms with Gasteiger partial charge in [0, 0.05) is 19.0 Å². The molecule has 0 saturated carbocycles. The van der Waals surface area contributed by atoms with E-state index in [9.17, 15) is 0 Å². The highest BCUT2D eigenvalue weighted by Gasteiger charge is 2.27. The standard InChI is InChI=1S/C14H22BrN3O/c1-4-6-13-16-12(15)7-14(17-13)18-8-10(3)19-9-11(18)5-2/h7,10-11H,4-6,8-9H2,1-3H3. The molecular formula is C14H22BrN3O. The third kappa shape index (κ3) is 3.66. The van der Waals surface area contributed by atoms with E-state index in [0.29, 0.717) is 6.04 Å². The van der Waals surface area contributed by atoms with Crippen LogP contribution in [-0.2, 0) is 11.2 Å². The number of rotatable bonds is 4. The number of anilines is 1. The Morgan fingerprint density at radius 3 is 2.89 bits per heavy atom. The van der Waals surface area contributed by atoms with Crippen molar-refractivity contribution < 1.29 is 4.74 Å². The van der Waals surface area contributed by atoms with Gasteiger partial charge in [-0.15, -0.1) is 0 Å². The normalized spacial score (nSPS) is 23.7. The molecule has 1 aliphatic heterocycles. The van der Waals surface area contributed by atoms with E-state index in [1.165, 1.54) is 0 Å². The van der Waals surface area contributed by atoms with Crippen LogP contribution in [0.3, 0.4) is 0 Å². The lowest BCUT2D eigenvalue weighted by Crippen LogP contribution is -2.49. The van der Waals surface area contributed by atoms with E-state index in [4.69, 9.17) is 9.72 Å². The molecule has 0 amide bonds. The second-order valence-electron chi connectivity index (χ2n) is 5.07. The van der Waals surface area contributed by atoms with Gasteiger partial charge < -0.3 is 9.64 Å². The van der Waals surface area contributed by atoms with Gasteiger partial charge in [0.25, 0.3) is 0 Å². The number of aromatic nitrogens is 2. The summed E-state index contributed by atoms with van der Waals surface area (Å²) in [7, 11) is 0. The fourth-order valence-corrected chi connectivity index (χ4v) is 2.81. The maximum atomic E-state index is 5.74. The third-order valence-corrected chi connectivity index (χ3v) is 3.84. The van der Waals surface area contributed by atoms with Crippen LogP contribution in [0.1, 0.15) is 39.4 Å². The van der Waals surface area contributed by atoms with Gasteiger partial charge in [-0.05, 0) is 35.7 Å². The van der Waals surface area contributed by atoms with Crippen molar-refractivity contribution in [1.29, 1.82) is 0 Å². The summed E-state index contributed by atoms with van der Waals surface area (Å²) in [4.78, 5) is 11.5. The number of halogens is 1. The minimum atomic E-state index is 0.256. The summed E-state index contributed by atoms with van der Waals surface area (Å²) in [5.74, 6) is 1.94. The SMILES string of the molecule is CCCc1nc(Br)cc(N2CC(C)OCC2CC)n1. The van der Waals surface area contributed by atoms with Gasteiger partial charge in [-0.2, -0.15) is 0 Å². The van der Waals surface area contributed by atoms with E-state index in [2.05, 4.69) is 46.6 Å². The van der Waals surface area contributed by atoms with E-state index in [1.807, 2.05) is 6.07 Å². The number of hydrogen-bond donors (Lipinski definition) is 0. The van der Waals surface area contributed by atoms with Crippen LogP contribution in [0.5, 0.6) is 0 Å². The van der Waals surface area contributed by atoms with Crippen LogP contribution in [-0.4, -0.2) is 35.3 Å². The predicted molar refractivity (Wildman–Crippen MR) is 80.6 cm³/mol. The van der Waals surface area contributed by atoms with Crippen molar-refractivity contribution in [2.24, 2.45) is 0 Å². The molecule has 2 heterocycles. The van der Waals surface area contributed by atoms with Crippen LogP contribution in [0.2, 0.25) is 0 Å². The van der Waals surface area contributed by atoms with E-state index < -0.39 is 0 Å². The zero-order valence-corrected chi connectivity index (χ0v) is 13.5. The van der Waals surface area contributed by atoms with Gasteiger partial charge in [-0.25, -0.2) is 9.97 Å². The van der Waals surface area contributed by atoms with Crippen molar-refractivity contribution in [2.45, 2.75) is 52.2 Å². The maximum Gasteiger partial charge on any atom is 0.133 e. The summed E-state index contributed by atoms with van der Waals surface area (Å²) in [6.07, 6.45) is 3.30. The molecule has 19 heavy (non-hydrogen) atoms. The molecule has 5 heteroatoms. The molecule has 4 nitrogen and oxygen atoms in total. The Balaban J connectivity index is 2.27. The van der Waals surface area contributed by atoms with Crippen molar-refractivity contribution in [3.05, 3.63) is 16.5 Å². The number of morpholine rings is 1. The van der Waals surface area contributed by atoms with Gasteiger partial charge in [0.2, 0.25) is 0 Å². The Hall–Kier alpha value is -0.680. The molecule has 0 aromatic carbocycles. The number of nitrogens with zero attached hydrogens (tertiary/aromatic N) is 3. The molecular weight excluding hydrogens is 306 g/mol. The zero-order valence-electron chi connectivity index (χ0n) is 11.9. The van der Waals surface area contributed by atoms with Crippen molar-refractivity contribution >= 4 is 21.7 Å². The predicted octanol–water partition coefficient (Wildman–Crippen LogP) is 3.20. The summed E-state index contributed by atoms with van der Waals surface area (Å²) in [6.45, 7) is 8.13. The van der Waals surface area contributed by atoms with E-state index in [0.717, 1.165) is 48.7 Å². The molecule has 2 rings (SSSR count). The highest BCUT2D eigenvalue weighted by molar-refractivity contribution is 9.10. The Morgan fingerprint density at radius 1 is 1.42 bits per heavy atom. The first-order chi connectivity index (χ1) is 9.13. The summed E-state index contributed by atoms with van der Waals surface area (Å²) >= 11 is 3.50. The largest absolute Gasteiger partial charge is 0.375 e. The lowest BCUT2D eigenvalue weighted by molar-refractivity contribution is 0.0296. The van der Waals surface area contributed by atoms with Gasteiger partial charge in [-0.1, -0.05) is 13.8 Å². The molecule has 0 bridgehead atoms. The Labute approximate surface area is 123 Å². The Morgan fingerprint density at radius 2 is 2.21 bits per heavy atom. The average molecular weight is 328 g/mol. The van der Waals surface area contributed by atoms with E-state index >= 15 is 0 Å². The molecule has 1 aromatic heterocycles. The Kier molecular flexibility index (Phi) is 5.16. The first-order valence-electron chi connectivity index (χ1n) is 7.05. The van der Waals surface area contributed by atoms with E-state index in [-0.39, 0.29) is 6.10 Å². The quantitative estimate of drug-likeness (QED) is 0.796. The molecule has 0 radical (unpaired) electrons. The summed E-state index contributed by atoms with van der Waals surface area (Å²) in [6, 6.07) is 2.42. The van der Waals surface area contributed by atoms with Crippen LogP contribution in [0, 0.1) is 0 Å². The monoisotopic (exact) mass is 327 g/mol. The number of ether oxygens (including phenoxy) is 1. The third-order valence-electron chi connectivity index (χ3n) is 3.43. The lowest BCUT2D eigenvalue weighted by atomic mass is 10.1. The minimum absolute atomic E-state index is 0.256. The highest BCUT2D eigenvalue weighted by Crippen LogP contribution is 2.24. The smallest absolute Gasteiger partial charge is 0.133 e. The molecule has 1 aliphatic rings. The lowest BCUT2D eigenvalue weighted by Gasteiger charge is -2.39. The van der Waals surface area contributed by atoms with Gasteiger partial charge in [-0.3, -0.25) is 0 Å². The molecule has 106 valence electrons. The van der Waals surface area contributed by atoms with Crippen LogP contribution >= 0.6 is 15.9 Å². The second-order valence-corrected chi connectivity index (χ2v) is 5.89. The molecule has 1 aromatic rings. The number of hydrogen-bond acceptors (Lipinski definition) is 4. The Bertz CT molecular complexity index is 427. The summed E-state index contributed by atoms with van der Waals surface area (Å²) in [5.41, 5.74) is 0. The fraction of sp³-hybridized carbons (Fsp3) is 0.714. The van der Waals surface area contributed by atoms with Crippen LogP contribution in [0.4, 0.5) is 5.82 Å². The molecule has 2 atom stereocenters.